The van der Waals surface area contributed by atoms with Crippen molar-refractivity contribution in [1.82, 2.24) is 4.98 Å². The predicted molar refractivity (Wildman–Crippen MR) is 93.2 cm³/mol. The molecule has 3 aromatic rings. The summed E-state index contributed by atoms with van der Waals surface area (Å²) in [6.45, 7) is 3.65. The van der Waals surface area contributed by atoms with Gasteiger partial charge < -0.3 is 4.18 Å². The molecule has 1 aromatic heterocycles. The number of nitrogens with zero attached hydrogens (tertiary/aromatic N) is 1. The third-order valence-corrected chi connectivity index (χ3v) is 5.75. The standard InChI is InChI=1S/C17H14BrNO3S/c1-11-9-12(2)16(10-14(11)18)23(20,21)22-15-7-3-5-13-6-4-8-19-17(13)15/h3-10H,1-2H3. The lowest BCUT2D eigenvalue weighted by Gasteiger charge is -2.12. The van der Waals surface area contributed by atoms with E-state index in [0.717, 1.165) is 15.4 Å². The molecule has 3 rings (SSSR count). The van der Waals surface area contributed by atoms with Gasteiger partial charge in [-0.05, 0) is 43.2 Å². The molecule has 1 heterocycles. The fourth-order valence-electron chi connectivity index (χ4n) is 2.38. The van der Waals surface area contributed by atoms with Crippen LogP contribution in [0.2, 0.25) is 0 Å². The molecule has 0 bridgehead atoms. The lowest BCUT2D eigenvalue weighted by atomic mass is 10.2. The second-order valence-corrected chi connectivity index (χ2v) is 7.60. The van der Waals surface area contributed by atoms with Crippen LogP contribution in [0.1, 0.15) is 11.1 Å². The van der Waals surface area contributed by atoms with Crippen molar-refractivity contribution in [1.29, 1.82) is 0 Å². The van der Waals surface area contributed by atoms with Crippen molar-refractivity contribution in [2.45, 2.75) is 18.7 Å². The van der Waals surface area contributed by atoms with Crippen LogP contribution in [-0.2, 0) is 10.1 Å². The molecule has 2 aromatic carbocycles. The van der Waals surface area contributed by atoms with Crippen molar-refractivity contribution in [2.75, 3.05) is 0 Å². The Morgan fingerprint density at radius 1 is 1.04 bits per heavy atom. The summed E-state index contributed by atoms with van der Waals surface area (Å²) in [5.41, 5.74) is 2.12. The Hall–Kier alpha value is -1.92. The first-order valence-electron chi connectivity index (χ1n) is 6.93. The zero-order valence-electron chi connectivity index (χ0n) is 12.6. The van der Waals surface area contributed by atoms with Gasteiger partial charge in [-0.15, -0.1) is 0 Å². The average Bonchev–Trinajstić information content (AvgIpc) is 2.51. The zero-order chi connectivity index (χ0) is 16.6. The molecule has 0 unspecified atom stereocenters. The number of aromatic nitrogens is 1. The van der Waals surface area contributed by atoms with E-state index in [0.29, 0.717) is 11.1 Å². The third kappa shape index (κ3) is 3.09. The summed E-state index contributed by atoms with van der Waals surface area (Å²) >= 11 is 3.37. The molecule has 0 spiro atoms. The van der Waals surface area contributed by atoms with E-state index in [1.807, 2.05) is 25.1 Å². The van der Waals surface area contributed by atoms with Crippen LogP contribution in [0.15, 0.2) is 58.0 Å². The van der Waals surface area contributed by atoms with Gasteiger partial charge in [-0.1, -0.05) is 40.2 Å². The Labute approximate surface area is 143 Å². The van der Waals surface area contributed by atoms with Gasteiger partial charge in [0.1, 0.15) is 10.4 Å². The number of hydrogen-bond acceptors (Lipinski definition) is 4. The number of para-hydroxylation sites is 1. The highest BCUT2D eigenvalue weighted by atomic mass is 79.9. The topological polar surface area (TPSA) is 56.3 Å². The van der Waals surface area contributed by atoms with Crippen LogP contribution in [0.3, 0.4) is 0 Å². The molecule has 23 heavy (non-hydrogen) atoms. The van der Waals surface area contributed by atoms with Crippen molar-refractivity contribution in [2.24, 2.45) is 0 Å². The molecule has 0 saturated carbocycles. The summed E-state index contributed by atoms with van der Waals surface area (Å²) < 4.78 is 31.4. The number of benzene rings is 2. The number of aryl methyl sites for hydroxylation is 2. The number of hydrogen-bond donors (Lipinski definition) is 0. The van der Waals surface area contributed by atoms with E-state index >= 15 is 0 Å². The van der Waals surface area contributed by atoms with Gasteiger partial charge in [-0.3, -0.25) is 4.98 Å². The smallest absolute Gasteiger partial charge is 0.339 e. The van der Waals surface area contributed by atoms with Crippen molar-refractivity contribution in [3.8, 4) is 5.75 Å². The van der Waals surface area contributed by atoms with Crippen molar-refractivity contribution in [3.05, 3.63) is 64.3 Å². The molecule has 0 aliphatic carbocycles. The number of halogens is 1. The first-order valence-corrected chi connectivity index (χ1v) is 9.13. The molecule has 118 valence electrons. The maximum atomic E-state index is 12.7. The first-order chi connectivity index (χ1) is 10.9. The van der Waals surface area contributed by atoms with E-state index in [4.69, 9.17) is 4.18 Å². The Balaban J connectivity index is 2.09. The van der Waals surface area contributed by atoms with Gasteiger partial charge in [0.15, 0.2) is 5.75 Å². The van der Waals surface area contributed by atoms with E-state index in [1.165, 1.54) is 0 Å². The second kappa shape index (κ2) is 5.94. The maximum Gasteiger partial charge on any atom is 0.339 e. The SMILES string of the molecule is Cc1cc(C)c(S(=O)(=O)Oc2cccc3cccnc23)cc1Br. The van der Waals surface area contributed by atoms with Gasteiger partial charge in [0.25, 0.3) is 0 Å². The minimum atomic E-state index is -3.94. The van der Waals surface area contributed by atoms with E-state index in [9.17, 15) is 8.42 Å². The minimum absolute atomic E-state index is 0.142. The molecular weight excluding hydrogens is 378 g/mol. The molecule has 6 heteroatoms. The van der Waals surface area contributed by atoms with Crippen LogP contribution in [-0.4, -0.2) is 13.4 Å². The Kier molecular flexibility index (Phi) is 4.12. The van der Waals surface area contributed by atoms with Crippen LogP contribution < -0.4 is 4.18 Å². The van der Waals surface area contributed by atoms with E-state index < -0.39 is 10.1 Å². The van der Waals surface area contributed by atoms with Crippen LogP contribution >= 0.6 is 15.9 Å². The van der Waals surface area contributed by atoms with Crippen LogP contribution in [0, 0.1) is 13.8 Å². The molecule has 0 aliphatic heterocycles. The predicted octanol–water partition coefficient (Wildman–Crippen LogP) is 4.38. The summed E-state index contributed by atoms with van der Waals surface area (Å²) in [7, 11) is -3.94. The van der Waals surface area contributed by atoms with Crippen molar-refractivity contribution < 1.29 is 12.6 Å². The maximum absolute atomic E-state index is 12.7. The van der Waals surface area contributed by atoms with Gasteiger partial charge in [0.2, 0.25) is 0 Å². The monoisotopic (exact) mass is 391 g/mol. The molecule has 4 nitrogen and oxygen atoms in total. The van der Waals surface area contributed by atoms with Crippen molar-refractivity contribution in [3.63, 3.8) is 0 Å². The first kappa shape index (κ1) is 16.0. The Bertz CT molecular complexity index is 995. The molecule has 0 fully saturated rings. The Morgan fingerprint density at radius 3 is 2.57 bits per heavy atom. The van der Waals surface area contributed by atoms with Gasteiger partial charge in [-0.25, -0.2) is 0 Å². The quantitative estimate of drug-likeness (QED) is 0.621. The summed E-state index contributed by atoms with van der Waals surface area (Å²) in [5, 5.41) is 0.821. The number of fused-ring (bicyclic) bond motifs is 1. The molecule has 0 radical (unpaired) electrons. The highest BCUT2D eigenvalue weighted by Crippen LogP contribution is 2.29. The van der Waals surface area contributed by atoms with E-state index in [1.54, 1.807) is 37.4 Å². The normalized spacial score (nSPS) is 11.6. The van der Waals surface area contributed by atoms with Crippen molar-refractivity contribution >= 4 is 37.0 Å². The van der Waals surface area contributed by atoms with Gasteiger partial charge in [0, 0.05) is 16.1 Å². The van der Waals surface area contributed by atoms with Gasteiger partial charge >= 0.3 is 10.1 Å². The number of rotatable bonds is 3. The summed E-state index contributed by atoms with van der Waals surface area (Å²) in [5.74, 6) is 0.221. The molecule has 0 atom stereocenters. The second-order valence-electron chi connectivity index (χ2n) is 5.24. The van der Waals surface area contributed by atoms with E-state index in [2.05, 4.69) is 20.9 Å². The summed E-state index contributed by atoms with van der Waals surface area (Å²) in [6, 6.07) is 12.2. The van der Waals surface area contributed by atoms with Crippen LogP contribution in [0.25, 0.3) is 10.9 Å². The highest BCUT2D eigenvalue weighted by molar-refractivity contribution is 9.10. The molecule has 0 N–H and O–H groups in total. The van der Waals surface area contributed by atoms with Crippen LogP contribution in [0.5, 0.6) is 5.75 Å². The fraction of sp³-hybridized carbons (Fsp3) is 0.118. The molecule has 0 amide bonds. The molecule has 0 aliphatic rings. The Morgan fingerprint density at radius 2 is 1.78 bits per heavy atom. The van der Waals surface area contributed by atoms with E-state index in [-0.39, 0.29) is 10.6 Å². The summed E-state index contributed by atoms with van der Waals surface area (Å²) in [6.07, 6.45) is 1.61. The number of pyridine rings is 1. The van der Waals surface area contributed by atoms with Gasteiger partial charge in [-0.2, -0.15) is 8.42 Å². The summed E-state index contributed by atoms with van der Waals surface area (Å²) in [4.78, 5) is 4.36. The third-order valence-electron chi connectivity index (χ3n) is 3.52. The lowest BCUT2D eigenvalue weighted by Crippen LogP contribution is -2.12. The minimum Gasteiger partial charge on any atom is -0.377 e. The fourth-order valence-corrected chi connectivity index (χ4v) is 4.05. The highest BCUT2D eigenvalue weighted by Gasteiger charge is 2.21. The molecular formula is C17H14BrNO3S. The average molecular weight is 392 g/mol. The zero-order valence-corrected chi connectivity index (χ0v) is 15.0. The largest absolute Gasteiger partial charge is 0.377 e. The van der Waals surface area contributed by atoms with Crippen LogP contribution in [0.4, 0.5) is 0 Å². The van der Waals surface area contributed by atoms with Gasteiger partial charge in [0.05, 0.1) is 0 Å². The lowest BCUT2D eigenvalue weighted by molar-refractivity contribution is 0.487. The molecule has 0 saturated heterocycles.